The van der Waals surface area contributed by atoms with Crippen molar-refractivity contribution in [2.45, 2.75) is 39.7 Å². The Kier molecular flexibility index (Phi) is 3.46. The number of rotatable bonds is 3. The topological polar surface area (TPSA) is 12.0 Å². The highest BCUT2D eigenvalue weighted by Crippen LogP contribution is 2.28. The second-order valence-corrected chi connectivity index (χ2v) is 4.25. The summed E-state index contributed by atoms with van der Waals surface area (Å²) in [5, 5.41) is 0. The first kappa shape index (κ1) is 9.14. The van der Waals surface area contributed by atoms with Gasteiger partial charge in [-0.2, -0.15) is 0 Å². The highest BCUT2D eigenvalue weighted by molar-refractivity contribution is 8.01. The van der Waals surface area contributed by atoms with E-state index in [9.17, 15) is 0 Å². The Labute approximate surface area is 73.8 Å². The summed E-state index contributed by atoms with van der Waals surface area (Å²) in [5.41, 5.74) is 0. The highest BCUT2D eigenvalue weighted by Gasteiger charge is 2.16. The molecule has 0 aliphatic carbocycles. The summed E-state index contributed by atoms with van der Waals surface area (Å²) in [6.45, 7) is 6.72. The number of allylic oxidation sites excluding steroid dienone is 1. The van der Waals surface area contributed by atoms with Gasteiger partial charge in [0.1, 0.15) is 0 Å². The molecule has 11 heavy (non-hydrogen) atoms. The molecule has 1 rings (SSSR count). The molecule has 1 N–H and O–H groups in total. The maximum Gasteiger partial charge on any atom is 0.0366 e. The zero-order valence-corrected chi connectivity index (χ0v) is 8.37. The van der Waals surface area contributed by atoms with Crippen LogP contribution in [0.25, 0.3) is 0 Å². The number of hydrogen-bond acceptors (Lipinski definition) is 2. The van der Waals surface area contributed by atoms with E-state index in [1.165, 1.54) is 17.7 Å². The molecule has 0 aromatic rings. The van der Waals surface area contributed by atoms with Crippen LogP contribution in [-0.2, 0) is 0 Å². The summed E-state index contributed by atoms with van der Waals surface area (Å²) in [6.07, 6.45) is 4.90. The van der Waals surface area contributed by atoms with Crippen LogP contribution in [0.2, 0.25) is 0 Å². The SMILES string of the molecule is CCCC1C=C(C(C)C)SN1. The molecule has 1 aliphatic heterocycles. The van der Waals surface area contributed by atoms with Crippen molar-refractivity contribution in [3.05, 3.63) is 11.0 Å². The second-order valence-electron chi connectivity index (χ2n) is 3.34. The molecule has 2 heteroatoms. The lowest BCUT2D eigenvalue weighted by atomic mass is 10.1. The normalized spacial score (nSPS) is 24.4. The number of nitrogens with one attached hydrogen (secondary N) is 1. The van der Waals surface area contributed by atoms with Crippen LogP contribution in [0.15, 0.2) is 11.0 Å². The summed E-state index contributed by atoms with van der Waals surface area (Å²) < 4.78 is 3.41. The molecule has 1 aliphatic rings. The van der Waals surface area contributed by atoms with Crippen molar-refractivity contribution in [2.75, 3.05) is 0 Å². The summed E-state index contributed by atoms with van der Waals surface area (Å²) in [6, 6.07) is 0.627. The van der Waals surface area contributed by atoms with E-state index in [4.69, 9.17) is 0 Å². The Balaban J connectivity index is 2.41. The molecular formula is C9H17NS. The summed E-state index contributed by atoms with van der Waals surface area (Å²) in [5.74, 6) is 0.689. The van der Waals surface area contributed by atoms with Crippen molar-refractivity contribution in [1.82, 2.24) is 4.72 Å². The van der Waals surface area contributed by atoms with Crippen LogP contribution in [0.1, 0.15) is 33.6 Å². The maximum absolute atomic E-state index is 3.41. The van der Waals surface area contributed by atoms with Crippen LogP contribution in [0, 0.1) is 5.92 Å². The van der Waals surface area contributed by atoms with Crippen molar-refractivity contribution < 1.29 is 0 Å². The zero-order valence-electron chi connectivity index (χ0n) is 7.55. The van der Waals surface area contributed by atoms with Crippen LogP contribution in [-0.4, -0.2) is 6.04 Å². The highest BCUT2D eigenvalue weighted by atomic mass is 32.2. The fraction of sp³-hybridized carbons (Fsp3) is 0.778. The van der Waals surface area contributed by atoms with Crippen LogP contribution in [0.4, 0.5) is 0 Å². The van der Waals surface area contributed by atoms with E-state index in [2.05, 4.69) is 31.6 Å². The second kappa shape index (κ2) is 4.17. The lowest BCUT2D eigenvalue weighted by Gasteiger charge is -2.03. The van der Waals surface area contributed by atoms with E-state index in [1.807, 2.05) is 11.9 Å². The maximum atomic E-state index is 3.41. The van der Waals surface area contributed by atoms with Gasteiger partial charge in [-0.3, -0.25) is 4.72 Å². The largest absolute Gasteiger partial charge is 0.253 e. The molecule has 64 valence electrons. The van der Waals surface area contributed by atoms with Crippen molar-refractivity contribution >= 4 is 11.9 Å². The predicted octanol–water partition coefficient (Wildman–Crippen LogP) is 2.95. The third-order valence-electron chi connectivity index (χ3n) is 1.86. The third kappa shape index (κ3) is 2.53. The van der Waals surface area contributed by atoms with E-state index >= 15 is 0 Å². The number of hydrogen-bond donors (Lipinski definition) is 1. The lowest BCUT2D eigenvalue weighted by molar-refractivity contribution is 0.673. The Morgan fingerprint density at radius 1 is 1.64 bits per heavy atom. The Bertz CT molecular complexity index is 152. The molecule has 0 aromatic heterocycles. The minimum Gasteiger partial charge on any atom is -0.253 e. The van der Waals surface area contributed by atoms with Gasteiger partial charge in [0.15, 0.2) is 0 Å². The standard InChI is InChI=1S/C9H17NS/c1-4-5-8-6-9(7(2)3)11-10-8/h6-8,10H,4-5H2,1-3H3. The molecule has 0 amide bonds. The van der Waals surface area contributed by atoms with Crippen LogP contribution in [0.3, 0.4) is 0 Å². The van der Waals surface area contributed by atoms with E-state index < -0.39 is 0 Å². The molecule has 0 aromatic carbocycles. The molecule has 0 radical (unpaired) electrons. The summed E-state index contributed by atoms with van der Waals surface area (Å²) >= 11 is 1.81. The van der Waals surface area contributed by atoms with Gasteiger partial charge in [-0.25, -0.2) is 0 Å². The van der Waals surface area contributed by atoms with Gasteiger partial charge in [0.05, 0.1) is 0 Å². The lowest BCUT2D eigenvalue weighted by Crippen LogP contribution is -2.14. The fourth-order valence-electron chi connectivity index (χ4n) is 1.17. The van der Waals surface area contributed by atoms with E-state index in [0.29, 0.717) is 12.0 Å². The molecule has 1 nitrogen and oxygen atoms in total. The molecule has 0 fully saturated rings. The van der Waals surface area contributed by atoms with Crippen LogP contribution >= 0.6 is 11.9 Å². The predicted molar refractivity (Wildman–Crippen MR) is 52.3 cm³/mol. The van der Waals surface area contributed by atoms with Crippen molar-refractivity contribution in [1.29, 1.82) is 0 Å². The van der Waals surface area contributed by atoms with Crippen molar-refractivity contribution in [3.8, 4) is 0 Å². The fourth-order valence-corrected chi connectivity index (χ4v) is 2.11. The van der Waals surface area contributed by atoms with Gasteiger partial charge in [-0.1, -0.05) is 33.3 Å². The van der Waals surface area contributed by atoms with E-state index in [1.54, 1.807) is 0 Å². The molecular weight excluding hydrogens is 154 g/mol. The Morgan fingerprint density at radius 3 is 2.82 bits per heavy atom. The van der Waals surface area contributed by atoms with Crippen molar-refractivity contribution in [3.63, 3.8) is 0 Å². The Morgan fingerprint density at radius 2 is 2.36 bits per heavy atom. The molecule has 0 spiro atoms. The third-order valence-corrected chi connectivity index (χ3v) is 3.13. The van der Waals surface area contributed by atoms with Crippen molar-refractivity contribution in [2.24, 2.45) is 5.92 Å². The van der Waals surface area contributed by atoms with Crippen LogP contribution < -0.4 is 4.72 Å². The molecule has 1 unspecified atom stereocenters. The van der Waals surface area contributed by atoms with Gasteiger partial charge in [-0.05, 0) is 24.3 Å². The molecule has 0 bridgehead atoms. The molecule has 0 saturated carbocycles. The summed E-state index contributed by atoms with van der Waals surface area (Å²) in [4.78, 5) is 1.50. The van der Waals surface area contributed by atoms with Gasteiger partial charge in [0.2, 0.25) is 0 Å². The van der Waals surface area contributed by atoms with E-state index in [-0.39, 0.29) is 0 Å². The minimum absolute atomic E-state index is 0.627. The smallest absolute Gasteiger partial charge is 0.0366 e. The summed E-state index contributed by atoms with van der Waals surface area (Å²) in [7, 11) is 0. The van der Waals surface area contributed by atoms with Gasteiger partial charge in [0, 0.05) is 10.9 Å². The van der Waals surface area contributed by atoms with Gasteiger partial charge >= 0.3 is 0 Å². The van der Waals surface area contributed by atoms with Crippen LogP contribution in [0.5, 0.6) is 0 Å². The average molecular weight is 171 g/mol. The molecule has 1 atom stereocenters. The van der Waals surface area contributed by atoms with Gasteiger partial charge in [0.25, 0.3) is 0 Å². The first-order valence-corrected chi connectivity index (χ1v) is 5.19. The zero-order chi connectivity index (χ0) is 8.27. The van der Waals surface area contributed by atoms with E-state index in [0.717, 1.165) is 0 Å². The van der Waals surface area contributed by atoms with Gasteiger partial charge in [-0.15, -0.1) is 0 Å². The Hall–Kier alpha value is 0.0500. The quantitative estimate of drug-likeness (QED) is 0.655. The molecule has 0 saturated heterocycles. The first-order chi connectivity index (χ1) is 5.24. The van der Waals surface area contributed by atoms with Gasteiger partial charge < -0.3 is 0 Å². The monoisotopic (exact) mass is 171 g/mol. The first-order valence-electron chi connectivity index (χ1n) is 4.38. The average Bonchev–Trinajstić information content (AvgIpc) is 2.37. The molecule has 1 heterocycles. The minimum atomic E-state index is 0.627.